The molecule has 0 saturated carbocycles. The van der Waals surface area contributed by atoms with Gasteiger partial charge < -0.3 is 10.3 Å². The zero-order valence-corrected chi connectivity index (χ0v) is 7.45. The molecule has 0 fully saturated rings. The molecule has 2 aromatic heterocycles. The van der Waals surface area contributed by atoms with Crippen molar-refractivity contribution in [3.63, 3.8) is 0 Å². The van der Waals surface area contributed by atoms with Gasteiger partial charge in [-0.15, -0.1) is 0 Å². The van der Waals surface area contributed by atoms with Gasteiger partial charge >= 0.3 is 5.69 Å². The fraction of sp³-hybridized carbons (Fsp3) is 0.375. The molecule has 0 amide bonds. The molecule has 2 aromatic rings. The molecule has 0 aliphatic carbocycles. The van der Waals surface area contributed by atoms with Crippen molar-refractivity contribution in [2.45, 2.75) is 13.0 Å². The van der Waals surface area contributed by atoms with Crippen LogP contribution in [-0.4, -0.2) is 26.1 Å². The van der Waals surface area contributed by atoms with Gasteiger partial charge in [0.05, 0.1) is 0 Å². The Morgan fingerprint density at radius 2 is 2.43 bits per heavy atom. The third-order valence-corrected chi connectivity index (χ3v) is 2.49. The van der Waals surface area contributed by atoms with E-state index in [1.165, 1.54) is 10.8 Å². The molecule has 6 heteroatoms. The van der Waals surface area contributed by atoms with Gasteiger partial charge in [0.2, 0.25) is 0 Å². The Hall–Kier alpha value is -1.69. The van der Waals surface area contributed by atoms with Crippen LogP contribution in [0.4, 0.5) is 0 Å². The summed E-state index contributed by atoms with van der Waals surface area (Å²) in [6, 6.07) is 0. The average Bonchev–Trinajstić information content (AvgIpc) is 2.67. The Morgan fingerprint density at radius 1 is 1.50 bits per heavy atom. The lowest BCUT2D eigenvalue weighted by molar-refractivity contribution is 0.617. The average molecular weight is 191 g/mol. The van der Waals surface area contributed by atoms with Crippen molar-refractivity contribution >= 4 is 5.65 Å². The summed E-state index contributed by atoms with van der Waals surface area (Å²) in [5, 5.41) is 7.07. The van der Waals surface area contributed by atoms with Crippen LogP contribution in [0.3, 0.4) is 0 Å². The Kier molecular flexibility index (Phi) is 1.45. The number of aromatic amines is 1. The second kappa shape index (κ2) is 2.65. The molecule has 6 nitrogen and oxygen atoms in total. The summed E-state index contributed by atoms with van der Waals surface area (Å²) < 4.78 is 1.31. The first-order valence-corrected chi connectivity index (χ1v) is 4.51. The molecule has 0 atom stereocenters. The first-order chi connectivity index (χ1) is 6.86. The summed E-state index contributed by atoms with van der Waals surface area (Å²) in [5.74, 6) is 0. The maximum Gasteiger partial charge on any atom is 0.348 e. The molecule has 0 radical (unpaired) electrons. The standard InChI is InChI=1S/C8H9N5O/c14-8-12-6-3-9-2-1-5(6)7-10-4-11-13(7)8/h4,9H,1-3H2,(H,12,14). The van der Waals surface area contributed by atoms with Gasteiger partial charge in [-0.1, -0.05) is 0 Å². The fourth-order valence-electron chi connectivity index (χ4n) is 1.83. The smallest absolute Gasteiger partial charge is 0.311 e. The number of nitrogens with zero attached hydrogens (tertiary/aromatic N) is 3. The largest absolute Gasteiger partial charge is 0.348 e. The van der Waals surface area contributed by atoms with Crippen molar-refractivity contribution in [3.8, 4) is 0 Å². The number of H-pyrrole nitrogens is 1. The Bertz CT molecular complexity index is 540. The molecule has 0 saturated heterocycles. The van der Waals surface area contributed by atoms with Gasteiger partial charge in [0.1, 0.15) is 6.33 Å². The van der Waals surface area contributed by atoms with Gasteiger partial charge in [0.25, 0.3) is 0 Å². The number of fused-ring (bicyclic) bond motifs is 3. The predicted octanol–water partition coefficient (Wildman–Crippen LogP) is -0.937. The van der Waals surface area contributed by atoms with Crippen LogP contribution in [-0.2, 0) is 13.0 Å². The van der Waals surface area contributed by atoms with E-state index in [1.54, 1.807) is 0 Å². The molecule has 1 aliphatic rings. The van der Waals surface area contributed by atoms with Crippen molar-refractivity contribution in [1.29, 1.82) is 0 Å². The third kappa shape index (κ3) is 0.912. The van der Waals surface area contributed by atoms with E-state index in [1.807, 2.05) is 0 Å². The molecular formula is C8H9N5O. The second-order valence-electron chi connectivity index (χ2n) is 3.31. The van der Waals surface area contributed by atoms with Crippen LogP contribution < -0.4 is 11.0 Å². The number of aromatic nitrogens is 4. The van der Waals surface area contributed by atoms with E-state index in [9.17, 15) is 4.79 Å². The Morgan fingerprint density at radius 3 is 3.36 bits per heavy atom. The minimum atomic E-state index is -0.222. The van der Waals surface area contributed by atoms with Crippen LogP contribution in [0.2, 0.25) is 0 Å². The monoisotopic (exact) mass is 191 g/mol. The molecular weight excluding hydrogens is 182 g/mol. The SMILES string of the molecule is O=c1[nH]c2c(c3ncnn13)CCNC2. The van der Waals surface area contributed by atoms with E-state index in [2.05, 4.69) is 20.4 Å². The molecule has 72 valence electrons. The summed E-state index contributed by atoms with van der Waals surface area (Å²) in [6.07, 6.45) is 2.29. The molecule has 3 rings (SSSR count). The minimum absolute atomic E-state index is 0.222. The van der Waals surface area contributed by atoms with E-state index < -0.39 is 0 Å². The van der Waals surface area contributed by atoms with Crippen molar-refractivity contribution in [2.75, 3.05) is 6.54 Å². The van der Waals surface area contributed by atoms with Crippen LogP contribution in [0, 0.1) is 0 Å². The maximum absolute atomic E-state index is 11.5. The minimum Gasteiger partial charge on any atom is -0.311 e. The van der Waals surface area contributed by atoms with Crippen molar-refractivity contribution in [1.82, 2.24) is 24.9 Å². The van der Waals surface area contributed by atoms with Gasteiger partial charge in [0, 0.05) is 17.8 Å². The summed E-state index contributed by atoms with van der Waals surface area (Å²) >= 11 is 0. The van der Waals surface area contributed by atoms with Gasteiger partial charge in [-0.3, -0.25) is 0 Å². The maximum atomic E-state index is 11.5. The van der Waals surface area contributed by atoms with E-state index >= 15 is 0 Å². The van der Waals surface area contributed by atoms with Crippen molar-refractivity contribution in [3.05, 3.63) is 28.1 Å². The lowest BCUT2D eigenvalue weighted by Gasteiger charge is -2.16. The molecule has 0 aromatic carbocycles. The van der Waals surface area contributed by atoms with Gasteiger partial charge in [-0.2, -0.15) is 9.61 Å². The van der Waals surface area contributed by atoms with Crippen LogP contribution in [0.1, 0.15) is 11.3 Å². The van der Waals surface area contributed by atoms with Crippen LogP contribution >= 0.6 is 0 Å². The van der Waals surface area contributed by atoms with Gasteiger partial charge in [-0.05, 0) is 13.0 Å². The lowest BCUT2D eigenvalue weighted by Crippen LogP contribution is -2.30. The first-order valence-electron chi connectivity index (χ1n) is 4.51. The van der Waals surface area contributed by atoms with E-state index in [-0.39, 0.29) is 5.69 Å². The van der Waals surface area contributed by atoms with Crippen molar-refractivity contribution in [2.24, 2.45) is 0 Å². The number of nitrogens with one attached hydrogen (secondary N) is 2. The van der Waals surface area contributed by atoms with Crippen molar-refractivity contribution < 1.29 is 0 Å². The normalized spacial score (nSPS) is 15.7. The molecule has 0 spiro atoms. The van der Waals surface area contributed by atoms with Crippen LogP contribution in [0.25, 0.3) is 5.65 Å². The summed E-state index contributed by atoms with van der Waals surface area (Å²) in [6.45, 7) is 1.62. The highest BCUT2D eigenvalue weighted by Crippen LogP contribution is 2.13. The van der Waals surface area contributed by atoms with Gasteiger partial charge in [-0.25, -0.2) is 9.78 Å². The number of rotatable bonds is 0. The Labute approximate surface area is 79.0 Å². The molecule has 3 heterocycles. The summed E-state index contributed by atoms with van der Waals surface area (Å²) in [7, 11) is 0. The first kappa shape index (κ1) is 7.69. The lowest BCUT2D eigenvalue weighted by atomic mass is 10.1. The second-order valence-corrected chi connectivity index (χ2v) is 3.31. The molecule has 14 heavy (non-hydrogen) atoms. The quantitative estimate of drug-likeness (QED) is 0.563. The highest BCUT2D eigenvalue weighted by atomic mass is 16.1. The Balaban J connectivity index is 2.44. The van der Waals surface area contributed by atoms with E-state index in [4.69, 9.17) is 0 Å². The third-order valence-electron chi connectivity index (χ3n) is 2.49. The van der Waals surface area contributed by atoms with Gasteiger partial charge in [0.15, 0.2) is 5.65 Å². The van der Waals surface area contributed by atoms with E-state index in [0.29, 0.717) is 12.2 Å². The highest BCUT2D eigenvalue weighted by molar-refractivity contribution is 5.49. The van der Waals surface area contributed by atoms with E-state index in [0.717, 1.165) is 24.2 Å². The summed E-state index contributed by atoms with van der Waals surface area (Å²) in [4.78, 5) is 18.4. The fourth-order valence-corrected chi connectivity index (χ4v) is 1.83. The van der Waals surface area contributed by atoms with Crippen LogP contribution in [0.15, 0.2) is 11.1 Å². The highest BCUT2D eigenvalue weighted by Gasteiger charge is 2.15. The summed E-state index contributed by atoms with van der Waals surface area (Å²) in [5.41, 5.74) is 2.49. The molecule has 0 bridgehead atoms. The predicted molar refractivity (Wildman–Crippen MR) is 49.0 cm³/mol. The molecule has 0 unspecified atom stereocenters. The zero-order valence-electron chi connectivity index (χ0n) is 7.45. The number of hydrogen-bond acceptors (Lipinski definition) is 4. The molecule has 2 N–H and O–H groups in total. The topological polar surface area (TPSA) is 75.1 Å². The number of hydrogen-bond donors (Lipinski definition) is 2. The van der Waals surface area contributed by atoms with Crippen LogP contribution in [0.5, 0.6) is 0 Å². The zero-order chi connectivity index (χ0) is 9.54. The molecule has 1 aliphatic heterocycles.